The Morgan fingerprint density at radius 3 is 2.67 bits per heavy atom. The van der Waals surface area contributed by atoms with Crippen LogP contribution in [0, 0.1) is 0 Å². The highest BCUT2D eigenvalue weighted by atomic mass is 32.2. The van der Waals surface area contributed by atoms with Crippen molar-refractivity contribution in [2.24, 2.45) is 0 Å². The van der Waals surface area contributed by atoms with Gasteiger partial charge in [-0.05, 0) is 36.6 Å². The maximum Gasteiger partial charge on any atom is 0.246 e. The Kier molecular flexibility index (Phi) is 6.23. The predicted octanol–water partition coefficient (Wildman–Crippen LogP) is 4.13. The summed E-state index contributed by atoms with van der Waals surface area (Å²) < 4.78 is 7.06. The van der Waals surface area contributed by atoms with Crippen LogP contribution < -0.4 is 15.1 Å². The van der Waals surface area contributed by atoms with Crippen LogP contribution >= 0.6 is 11.8 Å². The zero-order valence-electron chi connectivity index (χ0n) is 16.9. The lowest BCUT2D eigenvalue weighted by Crippen LogP contribution is -2.38. The third-order valence-electron chi connectivity index (χ3n) is 5.25. The Morgan fingerprint density at radius 2 is 1.87 bits per heavy atom. The first-order valence-corrected chi connectivity index (χ1v) is 11.0. The summed E-state index contributed by atoms with van der Waals surface area (Å²) in [5, 5.41) is 0. The molecule has 3 aromatic rings. The molecule has 0 bridgehead atoms. The normalized spacial score (nSPS) is 13.0. The van der Waals surface area contributed by atoms with Crippen molar-refractivity contribution in [1.82, 2.24) is 4.57 Å². The lowest BCUT2D eigenvalue weighted by molar-refractivity contribution is -0.119. The minimum Gasteiger partial charge on any atom is -0.491 e. The van der Waals surface area contributed by atoms with Gasteiger partial charge in [0.15, 0.2) is 5.75 Å². The zero-order valence-corrected chi connectivity index (χ0v) is 17.7. The fourth-order valence-corrected chi connectivity index (χ4v) is 4.63. The number of carbonyl (C=O) groups is 1. The Hall–Kier alpha value is -2.99. The van der Waals surface area contributed by atoms with Crippen molar-refractivity contribution in [3.63, 3.8) is 0 Å². The van der Waals surface area contributed by atoms with Crippen molar-refractivity contribution >= 4 is 23.4 Å². The summed E-state index contributed by atoms with van der Waals surface area (Å²) in [6, 6.07) is 19.7. The van der Waals surface area contributed by atoms with E-state index in [0.29, 0.717) is 12.3 Å². The number of fused-ring (bicyclic) bond motifs is 1. The smallest absolute Gasteiger partial charge is 0.246 e. The van der Waals surface area contributed by atoms with Crippen LogP contribution in [0.4, 0.5) is 5.69 Å². The van der Waals surface area contributed by atoms with E-state index in [9.17, 15) is 9.59 Å². The van der Waals surface area contributed by atoms with E-state index >= 15 is 0 Å². The van der Waals surface area contributed by atoms with Crippen LogP contribution in [0.5, 0.6) is 5.75 Å². The van der Waals surface area contributed by atoms with Gasteiger partial charge in [0.2, 0.25) is 11.3 Å². The van der Waals surface area contributed by atoms with Crippen LogP contribution in [0.25, 0.3) is 0 Å². The number of hydrogen-bond acceptors (Lipinski definition) is 4. The average Bonchev–Trinajstić information content (AvgIpc) is 2.79. The molecule has 1 aromatic heterocycles. The van der Waals surface area contributed by atoms with Gasteiger partial charge in [0, 0.05) is 34.6 Å². The third kappa shape index (κ3) is 4.44. The SMILES string of the molecule is COc1cn(CC(=O)N2CCCc3ccccc32)c(CSc2ccccc2)cc1=O. The number of pyridine rings is 1. The van der Waals surface area contributed by atoms with E-state index in [1.54, 1.807) is 24.0 Å². The number of nitrogens with zero attached hydrogens (tertiary/aromatic N) is 2. The Morgan fingerprint density at radius 1 is 1.10 bits per heavy atom. The number of aromatic nitrogens is 1. The van der Waals surface area contributed by atoms with E-state index in [-0.39, 0.29) is 23.6 Å². The van der Waals surface area contributed by atoms with E-state index in [1.807, 2.05) is 58.0 Å². The molecule has 0 radical (unpaired) electrons. The van der Waals surface area contributed by atoms with Crippen LogP contribution in [0.2, 0.25) is 0 Å². The average molecular weight is 421 g/mol. The molecule has 1 amide bonds. The first-order chi connectivity index (χ1) is 14.7. The highest BCUT2D eigenvalue weighted by Gasteiger charge is 2.23. The molecule has 154 valence electrons. The van der Waals surface area contributed by atoms with Gasteiger partial charge in [-0.25, -0.2) is 0 Å². The fourth-order valence-electron chi connectivity index (χ4n) is 3.72. The van der Waals surface area contributed by atoms with E-state index in [0.717, 1.165) is 29.1 Å². The second-order valence-corrected chi connectivity index (χ2v) is 8.25. The fraction of sp³-hybridized carbons (Fsp3) is 0.250. The van der Waals surface area contributed by atoms with E-state index in [1.165, 1.54) is 12.7 Å². The molecule has 0 saturated carbocycles. The summed E-state index contributed by atoms with van der Waals surface area (Å²) in [6.07, 6.45) is 3.59. The second-order valence-electron chi connectivity index (χ2n) is 7.20. The molecular weight excluding hydrogens is 396 g/mol. The Balaban J connectivity index is 1.59. The molecule has 6 heteroatoms. The summed E-state index contributed by atoms with van der Waals surface area (Å²) in [4.78, 5) is 28.5. The molecule has 0 unspecified atom stereocenters. The van der Waals surface area contributed by atoms with Gasteiger partial charge in [-0.1, -0.05) is 36.4 Å². The van der Waals surface area contributed by atoms with Crippen molar-refractivity contribution in [2.45, 2.75) is 30.0 Å². The molecule has 0 saturated heterocycles. The standard InChI is InChI=1S/C24H24N2O3S/c1-29-23-15-25(19(14-22(23)27)17-30-20-10-3-2-4-11-20)16-24(28)26-13-7-9-18-8-5-6-12-21(18)26/h2-6,8,10-12,14-15H,7,9,13,16-17H2,1H3. The molecule has 5 nitrogen and oxygen atoms in total. The van der Waals surface area contributed by atoms with Gasteiger partial charge in [-0.15, -0.1) is 11.8 Å². The molecule has 0 spiro atoms. The topological polar surface area (TPSA) is 51.5 Å². The minimum atomic E-state index is -0.173. The molecule has 2 heterocycles. The number of benzene rings is 2. The highest BCUT2D eigenvalue weighted by molar-refractivity contribution is 7.98. The number of amides is 1. The number of thioether (sulfide) groups is 1. The molecule has 30 heavy (non-hydrogen) atoms. The van der Waals surface area contributed by atoms with Crippen LogP contribution in [0.15, 0.2) is 76.6 Å². The van der Waals surface area contributed by atoms with Gasteiger partial charge in [-0.3, -0.25) is 9.59 Å². The van der Waals surface area contributed by atoms with E-state index in [2.05, 4.69) is 6.07 Å². The summed E-state index contributed by atoms with van der Waals surface area (Å²) >= 11 is 1.64. The number of methoxy groups -OCH3 is 1. The molecule has 1 aliphatic rings. The van der Waals surface area contributed by atoms with Crippen LogP contribution in [0.3, 0.4) is 0 Å². The van der Waals surface area contributed by atoms with E-state index in [4.69, 9.17) is 4.74 Å². The molecule has 0 fully saturated rings. The largest absolute Gasteiger partial charge is 0.491 e. The quantitative estimate of drug-likeness (QED) is 0.563. The maximum absolute atomic E-state index is 13.2. The first-order valence-electron chi connectivity index (χ1n) is 9.99. The van der Waals surface area contributed by atoms with E-state index < -0.39 is 0 Å². The van der Waals surface area contributed by atoms with Crippen molar-refractivity contribution in [1.29, 1.82) is 0 Å². The highest BCUT2D eigenvalue weighted by Crippen LogP contribution is 2.27. The van der Waals surface area contributed by atoms with Crippen LogP contribution in [-0.4, -0.2) is 24.1 Å². The lowest BCUT2D eigenvalue weighted by atomic mass is 10.0. The number of ether oxygens (including phenoxy) is 1. The molecule has 0 N–H and O–H groups in total. The lowest BCUT2D eigenvalue weighted by Gasteiger charge is -2.30. The van der Waals surface area contributed by atoms with Gasteiger partial charge < -0.3 is 14.2 Å². The second kappa shape index (κ2) is 9.22. The summed E-state index contributed by atoms with van der Waals surface area (Å²) in [5.41, 5.74) is 2.82. The number of hydrogen-bond donors (Lipinski definition) is 0. The van der Waals surface area contributed by atoms with Gasteiger partial charge in [0.1, 0.15) is 6.54 Å². The Bertz CT molecular complexity index is 1100. The minimum absolute atomic E-state index is 0.0128. The van der Waals surface area contributed by atoms with Gasteiger partial charge >= 0.3 is 0 Å². The number of rotatable bonds is 6. The zero-order chi connectivity index (χ0) is 20.9. The molecule has 2 aromatic carbocycles. The van der Waals surface area contributed by atoms with Crippen LogP contribution in [0.1, 0.15) is 17.7 Å². The van der Waals surface area contributed by atoms with Crippen molar-refractivity contribution in [3.8, 4) is 5.75 Å². The summed E-state index contributed by atoms with van der Waals surface area (Å²) in [7, 11) is 1.47. The van der Waals surface area contributed by atoms with Gasteiger partial charge in [-0.2, -0.15) is 0 Å². The number of carbonyl (C=O) groups excluding carboxylic acids is 1. The van der Waals surface area contributed by atoms with Crippen molar-refractivity contribution in [2.75, 3.05) is 18.6 Å². The summed E-state index contributed by atoms with van der Waals surface area (Å²) in [6.45, 7) is 0.872. The maximum atomic E-state index is 13.2. The van der Waals surface area contributed by atoms with Crippen molar-refractivity contribution < 1.29 is 9.53 Å². The van der Waals surface area contributed by atoms with Gasteiger partial charge in [0.25, 0.3) is 0 Å². The molecule has 4 rings (SSSR count). The molecule has 0 aliphatic carbocycles. The summed E-state index contributed by atoms with van der Waals surface area (Å²) in [5.74, 6) is 0.849. The molecule has 0 atom stereocenters. The van der Waals surface area contributed by atoms with Crippen LogP contribution in [-0.2, 0) is 23.5 Å². The van der Waals surface area contributed by atoms with Gasteiger partial charge in [0.05, 0.1) is 13.3 Å². The number of para-hydroxylation sites is 1. The number of anilines is 1. The van der Waals surface area contributed by atoms with Crippen molar-refractivity contribution in [3.05, 3.63) is 88.3 Å². The first kappa shape index (κ1) is 20.3. The monoisotopic (exact) mass is 420 g/mol. The number of aryl methyl sites for hydroxylation is 1. The molecular formula is C24H24N2O3S. The molecule has 1 aliphatic heterocycles. The Labute approximate surface area is 180 Å². The third-order valence-corrected chi connectivity index (χ3v) is 6.29. The predicted molar refractivity (Wildman–Crippen MR) is 120 cm³/mol.